The van der Waals surface area contributed by atoms with Gasteiger partial charge in [0.15, 0.2) is 5.69 Å². The third kappa shape index (κ3) is 4.09. The lowest BCUT2D eigenvalue weighted by atomic mass is 10.2. The van der Waals surface area contributed by atoms with Crippen molar-refractivity contribution in [1.29, 1.82) is 0 Å². The Kier molecular flexibility index (Phi) is 5.02. The number of pyridine rings is 1. The van der Waals surface area contributed by atoms with Crippen LogP contribution >= 0.6 is 11.3 Å². The molecule has 0 aliphatic rings. The highest BCUT2D eigenvalue weighted by Gasteiger charge is 2.15. The molecule has 0 aliphatic carbocycles. The van der Waals surface area contributed by atoms with Crippen molar-refractivity contribution in [1.82, 2.24) is 19.5 Å². The molecule has 3 aromatic heterocycles. The number of carbonyl (C=O) groups excluding carboxylic acids is 1. The minimum atomic E-state index is -0.470. The number of hydrogen-bond acceptors (Lipinski definition) is 6. The topological polar surface area (TPSA) is 69.9 Å². The highest BCUT2D eigenvalue weighted by molar-refractivity contribution is 7.13. The molecule has 3 heterocycles. The molecule has 27 heavy (non-hydrogen) atoms. The van der Waals surface area contributed by atoms with Gasteiger partial charge < -0.3 is 9.30 Å². The normalized spacial score (nSPS) is 10.7. The molecule has 134 valence electrons. The van der Waals surface area contributed by atoms with Crippen LogP contribution in [0.1, 0.15) is 21.9 Å². The molecule has 0 saturated carbocycles. The molecule has 7 heteroatoms. The van der Waals surface area contributed by atoms with Crippen LogP contribution < -0.4 is 0 Å². The lowest BCUT2D eigenvalue weighted by molar-refractivity contribution is 0.0452. The van der Waals surface area contributed by atoms with Crippen LogP contribution in [0.15, 0.2) is 72.5 Å². The molecule has 0 fully saturated rings. The first-order chi connectivity index (χ1) is 13.3. The Hall–Kier alpha value is -3.32. The van der Waals surface area contributed by atoms with E-state index in [2.05, 4.69) is 15.0 Å². The Morgan fingerprint density at radius 1 is 1.04 bits per heavy atom. The van der Waals surface area contributed by atoms with E-state index in [1.54, 1.807) is 17.8 Å². The highest BCUT2D eigenvalue weighted by Crippen LogP contribution is 2.21. The molecule has 0 atom stereocenters. The number of carbonyl (C=O) groups is 1. The Bertz CT molecular complexity index is 1030. The summed E-state index contributed by atoms with van der Waals surface area (Å²) in [4.78, 5) is 25.2. The van der Waals surface area contributed by atoms with Crippen molar-refractivity contribution in [2.45, 2.75) is 13.2 Å². The maximum Gasteiger partial charge on any atom is 0.358 e. The first-order valence-corrected chi connectivity index (χ1v) is 9.25. The van der Waals surface area contributed by atoms with Crippen LogP contribution in [0, 0.1) is 0 Å². The van der Waals surface area contributed by atoms with Gasteiger partial charge in [-0.1, -0.05) is 36.4 Å². The van der Waals surface area contributed by atoms with Gasteiger partial charge in [0, 0.05) is 30.5 Å². The van der Waals surface area contributed by atoms with E-state index in [9.17, 15) is 4.79 Å². The van der Waals surface area contributed by atoms with Gasteiger partial charge in [-0.15, -0.1) is 11.3 Å². The second kappa shape index (κ2) is 7.92. The van der Waals surface area contributed by atoms with Gasteiger partial charge in [0.05, 0.1) is 5.69 Å². The molecule has 0 bridgehead atoms. The van der Waals surface area contributed by atoms with Crippen LogP contribution in [0.3, 0.4) is 0 Å². The number of benzene rings is 1. The van der Waals surface area contributed by atoms with Gasteiger partial charge in [-0.2, -0.15) is 0 Å². The summed E-state index contributed by atoms with van der Waals surface area (Å²) in [5.41, 5.74) is 2.17. The number of hydrogen-bond donors (Lipinski definition) is 0. The SMILES string of the molecule is O=C(OCc1nccn1Cc1ccccc1)c1csc(-c2ccccn2)n1. The Morgan fingerprint density at radius 2 is 1.89 bits per heavy atom. The van der Waals surface area contributed by atoms with E-state index in [0.29, 0.717) is 17.4 Å². The third-order valence-corrected chi connectivity index (χ3v) is 4.79. The number of nitrogens with zero attached hydrogens (tertiary/aromatic N) is 4. The van der Waals surface area contributed by atoms with Crippen molar-refractivity contribution in [3.05, 3.63) is 89.6 Å². The van der Waals surface area contributed by atoms with Gasteiger partial charge in [-0.25, -0.2) is 14.8 Å². The van der Waals surface area contributed by atoms with Crippen molar-refractivity contribution >= 4 is 17.3 Å². The number of imidazole rings is 1. The van der Waals surface area contributed by atoms with Gasteiger partial charge in [0.25, 0.3) is 0 Å². The zero-order valence-electron chi connectivity index (χ0n) is 14.4. The second-order valence-electron chi connectivity index (χ2n) is 5.79. The monoisotopic (exact) mass is 376 g/mol. The lowest BCUT2D eigenvalue weighted by Crippen LogP contribution is -2.10. The van der Waals surface area contributed by atoms with E-state index in [1.807, 2.05) is 59.3 Å². The van der Waals surface area contributed by atoms with Crippen LogP contribution in [-0.4, -0.2) is 25.5 Å². The van der Waals surface area contributed by atoms with Gasteiger partial charge in [-0.3, -0.25) is 4.98 Å². The lowest BCUT2D eigenvalue weighted by Gasteiger charge is -2.08. The van der Waals surface area contributed by atoms with E-state index in [1.165, 1.54) is 11.3 Å². The fourth-order valence-corrected chi connectivity index (χ4v) is 3.35. The van der Waals surface area contributed by atoms with E-state index < -0.39 is 5.97 Å². The quantitative estimate of drug-likeness (QED) is 0.479. The molecule has 0 aliphatic heterocycles. The highest BCUT2D eigenvalue weighted by atomic mass is 32.1. The summed E-state index contributed by atoms with van der Waals surface area (Å²) < 4.78 is 7.36. The molecule has 0 amide bonds. The Morgan fingerprint density at radius 3 is 2.70 bits per heavy atom. The fraction of sp³-hybridized carbons (Fsp3) is 0.100. The predicted octanol–water partition coefficient (Wildman–Crippen LogP) is 3.81. The maximum atomic E-state index is 12.3. The zero-order valence-corrected chi connectivity index (χ0v) is 15.2. The van der Waals surface area contributed by atoms with Crippen molar-refractivity contribution in [2.24, 2.45) is 0 Å². The molecule has 1 aromatic carbocycles. The number of rotatable bonds is 6. The zero-order chi connectivity index (χ0) is 18.5. The summed E-state index contributed by atoms with van der Waals surface area (Å²) in [7, 11) is 0. The molecular weight excluding hydrogens is 360 g/mol. The summed E-state index contributed by atoms with van der Waals surface area (Å²) in [5, 5.41) is 2.37. The van der Waals surface area contributed by atoms with Gasteiger partial charge >= 0.3 is 5.97 Å². The smallest absolute Gasteiger partial charge is 0.358 e. The van der Waals surface area contributed by atoms with Crippen LogP contribution in [0.25, 0.3) is 10.7 Å². The summed E-state index contributed by atoms with van der Waals surface area (Å²) >= 11 is 1.36. The van der Waals surface area contributed by atoms with E-state index >= 15 is 0 Å². The molecule has 6 nitrogen and oxygen atoms in total. The Balaban J connectivity index is 1.40. The molecule has 0 radical (unpaired) electrons. The van der Waals surface area contributed by atoms with Crippen LogP contribution in [0.4, 0.5) is 0 Å². The number of aromatic nitrogens is 4. The maximum absolute atomic E-state index is 12.3. The van der Waals surface area contributed by atoms with E-state index in [4.69, 9.17) is 4.74 Å². The standard InChI is InChI=1S/C20H16N4O2S/c25-20(17-14-27-19(23-17)16-8-4-5-9-21-16)26-13-18-22-10-11-24(18)12-15-6-2-1-3-7-15/h1-11,14H,12-13H2. The number of esters is 1. The van der Waals surface area contributed by atoms with Crippen LogP contribution in [0.2, 0.25) is 0 Å². The van der Waals surface area contributed by atoms with Gasteiger partial charge in [0.2, 0.25) is 0 Å². The average molecular weight is 376 g/mol. The molecule has 0 N–H and O–H groups in total. The van der Waals surface area contributed by atoms with Gasteiger partial charge in [0.1, 0.15) is 17.4 Å². The first kappa shape index (κ1) is 17.1. The minimum Gasteiger partial charge on any atom is -0.453 e. The van der Waals surface area contributed by atoms with E-state index in [0.717, 1.165) is 11.3 Å². The summed E-state index contributed by atoms with van der Waals surface area (Å²) in [5.74, 6) is 0.218. The van der Waals surface area contributed by atoms with Crippen molar-refractivity contribution in [3.63, 3.8) is 0 Å². The second-order valence-corrected chi connectivity index (χ2v) is 6.64. The molecule has 4 aromatic rings. The molecule has 0 saturated heterocycles. The molecule has 0 unspecified atom stereocenters. The summed E-state index contributed by atoms with van der Waals surface area (Å²) in [6, 6.07) is 15.6. The first-order valence-electron chi connectivity index (χ1n) is 8.37. The van der Waals surface area contributed by atoms with Crippen LogP contribution in [-0.2, 0) is 17.9 Å². The number of thiazole rings is 1. The molecular formula is C20H16N4O2S. The number of ether oxygens (including phenoxy) is 1. The predicted molar refractivity (Wildman–Crippen MR) is 102 cm³/mol. The minimum absolute atomic E-state index is 0.0924. The summed E-state index contributed by atoms with van der Waals surface area (Å²) in [6.07, 6.45) is 5.27. The van der Waals surface area contributed by atoms with Crippen molar-refractivity contribution in [3.8, 4) is 10.7 Å². The molecule has 4 rings (SSSR count). The van der Waals surface area contributed by atoms with Crippen molar-refractivity contribution in [2.75, 3.05) is 0 Å². The molecule has 0 spiro atoms. The summed E-state index contributed by atoms with van der Waals surface area (Å²) in [6.45, 7) is 0.767. The van der Waals surface area contributed by atoms with Crippen molar-refractivity contribution < 1.29 is 9.53 Å². The average Bonchev–Trinajstić information content (AvgIpc) is 3.37. The Labute approximate surface area is 160 Å². The fourth-order valence-electron chi connectivity index (χ4n) is 2.58. The van der Waals surface area contributed by atoms with Gasteiger partial charge in [-0.05, 0) is 17.7 Å². The van der Waals surface area contributed by atoms with E-state index in [-0.39, 0.29) is 12.3 Å². The van der Waals surface area contributed by atoms with Crippen LogP contribution in [0.5, 0.6) is 0 Å². The largest absolute Gasteiger partial charge is 0.453 e. The third-order valence-electron chi connectivity index (χ3n) is 3.93.